The molecular formula is C22H26N4O2S. The molecule has 1 N–H and O–H groups in total. The lowest BCUT2D eigenvalue weighted by molar-refractivity contribution is 0.103. The second-order valence-electron chi connectivity index (χ2n) is 7.65. The number of anilines is 1. The Morgan fingerprint density at radius 3 is 2.59 bits per heavy atom. The molecule has 3 heterocycles. The van der Waals surface area contributed by atoms with Crippen LogP contribution in [0, 0.1) is 6.92 Å². The Hall–Kier alpha value is -2.51. The lowest BCUT2D eigenvalue weighted by Gasteiger charge is -2.31. The highest BCUT2D eigenvalue weighted by Gasteiger charge is 2.26. The second kappa shape index (κ2) is 8.08. The number of para-hydroxylation sites is 1. The van der Waals surface area contributed by atoms with Gasteiger partial charge in [-0.25, -0.2) is 4.98 Å². The van der Waals surface area contributed by atoms with Gasteiger partial charge < -0.3 is 10.2 Å². The maximum atomic E-state index is 13.5. The van der Waals surface area contributed by atoms with Crippen LogP contribution in [0.25, 0.3) is 10.2 Å². The van der Waals surface area contributed by atoms with Gasteiger partial charge in [-0.15, -0.1) is 11.3 Å². The first kappa shape index (κ1) is 19.8. The average molecular weight is 411 g/mol. The molecule has 6 nitrogen and oxygen atoms in total. The van der Waals surface area contributed by atoms with E-state index in [0.29, 0.717) is 21.5 Å². The highest BCUT2D eigenvalue weighted by atomic mass is 32.1. The van der Waals surface area contributed by atoms with Crippen LogP contribution in [0.3, 0.4) is 0 Å². The monoisotopic (exact) mass is 410 g/mol. The highest BCUT2D eigenvalue weighted by Crippen LogP contribution is 2.30. The molecule has 0 saturated carbocycles. The predicted octanol–water partition coefficient (Wildman–Crippen LogP) is 3.85. The van der Waals surface area contributed by atoms with Crippen molar-refractivity contribution in [1.29, 1.82) is 0 Å². The highest BCUT2D eigenvalue weighted by molar-refractivity contribution is 7.20. The van der Waals surface area contributed by atoms with E-state index in [1.165, 1.54) is 11.3 Å². The summed E-state index contributed by atoms with van der Waals surface area (Å²) in [5, 5.41) is 3.51. The molecule has 7 heteroatoms. The van der Waals surface area contributed by atoms with E-state index < -0.39 is 0 Å². The number of benzene rings is 1. The molecule has 1 aliphatic heterocycles. The number of aryl methyl sites for hydroxylation is 2. The van der Waals surface area contributed by atoms with Crippen LogP contribution < -0.4 is 10.9 Å². The van der Waals surface area contributed by atoms with Gasteiger partial charge in [-0.05, 0) is 57.6 Å². The number of aromatic nitrogens is 2. The van der Waals surface area contributed by atoms with Gasteiger partial charge >= 0.3 is 0 Å². The van der Waals surface area contributed by atoms with Crippen molar-refractivity contribution in [2.75, 3.05) is 25.5 Å². The lowest BCUT2D eigenvalue weighted by atomic mass is 10.0. The van der Waals surface area contributed by atoms with Crippen LogP contribution >= 0.6 is 11.3 Å². The van der Waals surface area contributed by atoms with Crippen molar-refractivity contribution in [2.45, 2.75) is 39.2 Å². The van der Waals surface area contributed by atoms with Crippen LogP contribution in [-0.4, -0.2) is 40.5 Å². The summed E-state index contributed by atoms with van der Waals surface area (Å²) in [6.07, 6.45) is 2.59. The number of carbonyl (C=O) groups is 1. The minimum atomic E-state index is -0.194. The minimum absolute atomic E-state index is 0.00564. The van der Waals surface area contributed by atoms with Crippen molar-refractivity contribution in [3.63, 3.8) is 0 Å². The smallest absolute Gasteiger partial charge is 0.266 e. The summed E-state index contributed by atoms with van der Waals surface area (Å²) in [6.45, 7) is 5.84. The molecule has 0 bridgehead atoms. The third kappa shape index (κ3) is 3.72. The van der Waals surface area contributed by atoms with Crippen LogP contribution in [0.15, 0.2) is 35.1 Å². The van der Waals surface area contributed by atoms with Crippen molar-refractivity contribution in [1.82, 2.24) is 14.5 Å². The summed E-state index contributed by atoms with van der Waals surface area (Å²) in [5.41, 5.74) is 1.45. The Kier molecular flexibility index (Phi) is 5.52. The maximum absolute atomic E-state index is 13.5. The average Bonchev–Trinajstić information content (AvgIpc) is 3.06. The number of hydrogen-bond acceptors (Lipinski definition) is 5. The number of carbonyl (C=O) groups excluding carboxylic acids is 1. The standard InChI is InChI=1S/C22H26N4O2S/c1-4-17-24-21-18(22(28)26(17)16-10-12-25(3)13-11-16)14(2)19(29-21)20(27)23-15-8-6-5-7-9-15/h5-9,16H,4,10-13H2,1-3H3,(H,23,27). The zero-order valence-corrected chi connectivity index (χ0v) is 17.9. The van der Waals surface area contributed by atoms with Crippen molar-refractivity contribution < 1.29 is 4.79 Å². The molecule has 1 amide bonds. The molecule has 0 atom stereocenters. The molecule has 0 spiro atoms. The zero-order valence-electron chi connectivity index (χ0n) is 17.1. The number of nitrogens with one attached hydrogen (secondary N) is 1. The van der Waals surface area contributed by atoms with Gasteiger partial charge in [0.2, 0.25) is 0 Å². The Morgan fingerprint density at radius 1 is 1.24 bits per heavy atom. The summed E-state index contributed by atoms with van der Waals surface area (Å²) >= 11 is 1.31. The van der Waals surface area contributed by atoms with E-state index in [2.05, 4.69) is 17.3 Å². The number of amides is 1. The van der Waals surface area contributed by atoms with Gasteiger partial charge in [0, 0.05) is 18.2 Å². The summed E-state index contributed by atoms with van der Waals surface area (Å²) in [6, 6.07) is 9.53. The molecule has 0 unspecified atom stereocenters. The molecule has 29 heavy (non-hydrogen) atoms. The molecule has 0 radical (unpaired) electrons. The first-order chi connectivity index (χ1) is 14.0. The van der Waals surface area contributed by atoms with E-state index in [1.54, 1.807) is 0 Å². The fourth-order valence-electron chi connectivity index (χ4n) is 4.04. The summed E-state index contributed by atoms with van der Waals surface area (Å²) in [4.78, 5) is 34.7. The number of hydrogen-bond donors (Lipinski definition) is 1. The van der Waals surface area contributed by atoms with Crippen LogP contribution in [0.2, 0.25) is 0 Å². The van der Waals surface area contributed by atoms with E-state index in [0.717, 1.165) is 43.0 Å². The Balaban J connectivity index is 1.76. The molecule has 1 aromatic carbocycles. The van der Waals surface area contributed by atoms with Gasteiger partial charge in [-0.3, -0.25) is 14.2 Å². The van der Waals surface area contributed by atoms with Gasteiger partial charge in [0.05, 0.1) is 10.3 Å². The van der Waals surface area contributed by atoms with E-state index in [9.17, 15) is 9.59 Å². The maximum Gasteiger partial charge on any atom is 0.266 e. The van der Waals surface area contributed by atoms with Gasteiger partial charge in [-0.1, -0.05) is 25.1 Å². The van der Waals surface area contributed by atoms with Gasteiger partial charge in [0.1, 0.15) is 10.7 Å². The summed E-state index contributed by atoms with van der Waals surface area (Å²) < 4.78 is 1.90. The molecule has 1 fully saturated rings. The Labute approximate surface area is 174 Å². The largest absolute Gasteiger partial charge is 0.321 e. The van der Waals surface area contributed by atoms with Crippen LogP contribution in [0.4, 0.5) is 5.69 Å². The quantitative estimate of drug-likeness (QED) is 0.709. The topological polar surface area (TPSA) is 67.2 Å². The zero-order chi connectivity index (χ0) is 20.5. The number of fused-ring (bicyclic) bond motifs is 1. The molecule has 0 aliphatic carbocycles. The minimum Gasteiger partial charge on any atom is -0.321 e. The van der Waals surface area contributed by atoms with E-state index in [-0.39, 0.29) is 17.5 Å². The normalized spacial score (nSPS) is 15.7. The first-order valence-electron chi connectivity index (χ1n) is 10.1. The van der Waals surface area contributed by atoms with Crippen molar-refractivity contribution >= 4 is 33.1 Å². The third-order valence-electron chi connectivity index (χ3n) is 5.68. The first-order valence-corrected chi connectivity index (χ1v) is 10.9. The number of likely N-dealkylation sites (tertiary alicyclic amines) is 1. The molecule has 1 saturated heterocycles. The summed E-state index contributed by atoms with van der Waals surface area (Å²) in [5.74, 6) is 0.619. The van der Waals surface area contributed by atoms with Crippen LogP contribution in [-0.2, 0) is 6.42 Å². The second-order valence-corrected chi connectivity index (χ2v) is 8.65. The van der Waals surface area contributed by atoms with Gasteiger partial charge in [0.15, 0.2) is 0 Å². The molecule has 1 aliphatic rings. The Bertz CT molecular complexity index is 1100. The van der Waals surface area contributed by atoms with Crippen LogP contribution in [0.1, 0.15) is 46.9 Å². The number of nitrogens with zero attached hydrogens (tertiary/aromatic N) is 3. The molecule has 4 rings (SSSR count). The van der Waals surface area contributed by atoms with Crippen molar-refractivity contribution in [2.24, 2.45) is 0 Å². The third-order valence-corrected chi connectivity index (χ3v) is 6.86. The Morgan fingerprint density at radius 2 is 1.93 bits per heavy atom. The molecule has 2 aromatic heterocycles. The van der Waals surface area contributed by atoms with Crippen molar-refractivity contribution in [3.05, 3.63) is 57.0 Å². The number of thiophene rings is 1. The summed E-state index contributed by atoms with van der Waals surface area (Å²) in [7, 11) is 2.11. The predicted molar refractivity (Wildman–Crippen MR) is 118 cm³/mol. The van der Waals surface area contributed by atoms with Crippen molar-refractivity contribution in [3.8, 4) is 0 Å². The van der Waals surface area contributed by atoms with E-state index >= 15 is 0 Å². The van der Waals surface area contributed by atoms with Gasteiger partial charge in [0.25, 0.3) is 11.5 Å². The molecule has 152 valence electrons. The number of piperidine rings is 1. The van der Waals surface area contributed by atoms with Gasteiger partial charge in [-0.2, -0.15) is 0 Å². The fraction of sp³-hybridized carbons (Fsp3) is 0.409. The van der Waals surface area contributed by atoms with E-state index in [4.69, 9.17) is 4.98 Å². The lowest BCUT2D eigenvalue weighted by Crippen LogP contribution is -2.37. The number of rotatable bonds is 4. The SMILES string of the molecule is CCc1nc2sc(C(=O)Nc3ccccc3)c(C)c2c(=O)n1C1CCN(C)CC1. The fourth-order valence-corrected chi connectivity index (χ4v) is 5.13. The molecule has 3 aromatic rings. The molecular weight excluding hydrogens is 384 g/mol. The van der Waals surface area contributed by atoms with E-state index in [1.807, 2.05) is 48.7 Å². The van der Waals surface area contributed by atoms with Crippen LogP contribution in [0.5, 0.6) is 0 Å².